The molecule has 0 spiro atoms. The fourth-order valence-corrected chi connectivity index (χ4v) is 1.90. The summed E-state index contributed by atoms with van der Waals surface area (Å²) in [7, 11) is 0. The number of carbonyl (C=O) groups is 2. The topological polar surface area (TPSA) is 108 Å². The predicted octanol–water partition coefficient (Wildman–Crippen LogP) is 2.52. The summed E-state index contributed by atoms with van der Waals surface area (Å²) in [5.74, 6) is -4.31. The second-order valence-electron chi connectivity index (χ2n) is 4.92. The minimum Gasteiger partial charge on any atom is -0.419 e. The maximum absolute atomic E-state index is 13.3. The molecule has 1 fully saturated rings. The van der Waals surface area contributed by atoms with Gasteiger partial charge in [0.25, 0.3) is 11.5 Å². The Bertz CT molecular complexity index is 724. The first kappa shape index (κ1) is 16.7. The van der Waals surface area contributed by atoms with Crippen molar-refractivity contribution in [3.05, 3.63) is 44.9 Å². The molecule has 0 atom stereocenters. The number of rotatable bonds is 3. The third kappa shape index (κ3) is 3.57. The van der Waals surface area contributed by atoms with Crippen LogP contribution >= 0.6 is 11.6 Å². The van der Waals surface area contributed by atoms with E-state index in [0.717, 1.165) is 12.3 Å². The summed E-state index contributed by atoms with van der Waals surface area (Å²) in [5.41, 5.74) is -1.33. The molecule has 1 aliphatic rings. The number of nitro groups is 1. The largest absolute Gasteiger partial charge is 0.419 e. The molecule has 1 aliphatic heterocycles. The van der Waals surface area contributed by atoms with E-state index in [-0.39, 0.29) is 10.7 Å². The van der Waals surface area contributed by atoms with Crippen molar-refractivity contribution in [1.82, 2.24) is 0 Å². The Labute approximate surface area is 134 Å². The van der Waals surface area contributed by atoms with Gasteiger partial charge in [-0.1, -0.05) is 11.6 Å². The van der Waals surface area contributed by atoms with E-state index < -0.39 is 39.7 Å². The number of anilines is 1. The van der Waals surface area contributed by atoms with Gasteiger partial charge in [-0.25, -0.2) is 14.0 Å². The number of hydrogen-bond acceptors (Lipinski definition) is 7. The summed E-state index contributed by atoms with van der Waals surface area (Å²) >= 11 is 5.57. The zero-order valence-electron chi connectivity index (χ0n) is 11.9. The summed E-state index contributed by atoms with van der Waals surface area (Å²) in [6, 6.07) is 1.57. The van der Waals surface area contributed by atoms with Crippen molar-refractivity contribution < 1.29 is 28.4 Å². The first-order valence-corrected chi connectivity index (χ1v) is 6.55. The number of nitrogens with one attached hydrogen (secondary N) is 1. The Morgan fingerprint density at radius 1 is 1.30 bits per heavy atom. The highest BCUT2D eigenvalue weighted by Crippen LogP contribution is 2.31. The Kier molecular flexibility index (Phi) is 4.24. The van der Waals surface area contributed by atoms with Crippen LogP contribution in [0.1, 0.15) is 13.8 Å². The molecule has 1 aromatic rings. The molecule has 1 saturated heterocycles. The summed E-state index contributed by atoms with van der Waals surface area (Å²) in [4.78, 5) is 33.5. The summed E-state index contributed by atoms with van der Waals surface area (Å²) in [5, 5.41) is 12.9. The number of cyclic esters (lactones) is 2. The highest BCUT2D eigenvalue weighted by Gasteiger charge is 2.39. The van der Waals surface area contributed by atoms with Crippen LogP contribution in [0.15, 0.2) is 23.9 Å². The number of hydrogen-bond donors (Lipinski definition) is 1. The maximum Gasteiger partial charge on any atom is 0.350 e. The van der Waals surface area contributed by atoms with Gasteiger partial charge in [0.15, 0.2) is 5.57 Å². The van der Waals surface area contributed by atoms with Gasteiger partial charge in [-0.2, -0.15) is 0 Å². The van der Waals surface area contributed by atoms with Crippen LogP contribution in [0.5, 0.6) is 0 Å². The minimum atomic E-state index is -1.41. The van der Waals surface area contributed by atoms with E-state index in [4.69, 9.17) is 21.1 Å². The lowest BCUT2D eigenvalue weighted by molar-refractivity contribution is -0.384. The van der Waals surface area contributed by atoms with Crippen LogP contribution in [0.2, 0.25) is 5.02 Å². The van der Waals surface area contributed by atoms with Gasteiger partial charge in [0.2, 0.25) is 0 Å². The van der Waals surface area contributed by atoms with E-state index in [1.807, 2.05) is 0 Å². The molecule has 0 aliphatic carbocycles. The van der Waals surface area contributed by atoms with Crippen LogP contribution < -0.4 is 5.32 Å². The monoisotopic (exact) mass is 344 g/mol. The molecule has 0 bridgehead atoms. The Morgan fingerprint density at radius 3 is 2.39 bits per heavy atom. The van der Waals surface area contributed by atoms with Gasteiger partial charge in [-0.15, -0.1) is 0 Å². The SMILES string of the molecule is CC1(C)OC(=O)C(=CNc2cc(Cl)c(F)cc2[N+](=O)[O-])C(=O)O1. The normalized spacial score (nSPS) is 16.4. The van der Waals surface area contributed by atoms with Crippen molar-refractivity contribution >= 4 is 34.9 Å². The molecule has 0 aromatic heterocycles. The molecule has 1 heterocycles. The smallest absolute Gasteiger partial charge is 0.350 e. The summed E-state index contributed by atoms with van der Waals surface area (Å²) in [6.45, 7) is 2.75. The molecule has 1 aromatic carbocycles. The van der Waals surface area contributed by atoms with Gasteiger partial charge >= 0.3 is 11.9 Å². The van der Waals surface area contributed by atoms with Crippen molar-refractivity contribution in [2.75, 3.05) is 5.32 Å². The van der Waals surface area contributed by atoms with E-state index in [1.165, 1.54) is 13.8 Å². The second kappa shape index (κ2) is 5.84. The van der Waals surface area contributed by atoms with Gasteiger partial charge < -0.3 is 14.8 Å². The lowest BCUT2D eigenvalue weighted by Crippen LogP contribution is -2.42. The van der Waals surface area contributed by atoms with Crippen LogP contribution in [0.25, 0.3) is 0 Å². The molecule has 0 amide bonds. The van der Waals surface area contributed by atoms with Crippen molar-refractivity contribution in [1.29, 1.82) is 0 Å². The lowest BCUT2D eigenvalue weighted by atomic mass is 10.2. The standard InChI is InChI=1S/C13H10ClFN2O6/c1-13(2)22-11(18)6(12(19)23-13)5-16-9-3-7(14)8(15)4-10(9)17(20)21/h3-5,16H,1-2H3. The fourth-order valence-electron chi connectivity index (χ4n) is 1.73. The molecular weight excluding hydrogens is 335 g/mol. The van der Waals surface area contributed by atoms with Gasteiger partial charge in [0, 0.05) is 20.0 Å². The predicted molar refractivity (Wildman–Crippen MR) is 76.0 cm³/mol. The molecule has 122 valence electrons. The summed E-state index contributed by atoms with van der Waals surface area (Å²) < 4.78 is 23.0. The average Bonchev–Trinajstić information content (AvgIpc) is 2.39. The number of ether oxygens (including phenoxy) is 2. The van der Waals surface area contributed by atoms with E-state index >= 15 is 0 Å². The highest BCUT2D eigenvalue weighted by molar-refractivity contribution is 6.31. The van der Waals surface area contributed by atoms with Gasteiger partial charge in [0.05, 0.1) is 16.0 Å². The fraction of sp³-hybridized carbons (Fsp3) is 0.231. The second-order valence-corrected chi connectivity index (χ2v) is 5.33. The number of nitro benzene ring substituents is 1. The van der Waals surface area contributed by atoms with Crippen LogP contribution in [0, 0.1) is 15.9 Å². The zero-order valence-corrected chi connectivity index (χ0v) is 12.6. The molecule has 0 radical (unpaired) electrons. The molecule has 1 N–H and O–H groups in total. The lowest BCUT2D eigenvalue weighted by Gasteiger charge is -2.29. The van der Waals surface area contributed by atoms with Crippen molar-refractivity contribution in [2.24, 2.45) is 0 Å². The van der Waals surface area contributed by atoms with Gasteiger partial charge in [-0.05, 0) is 6.07 Å². The quantitative estimate of drug-likeness (QED) is 0.295. The van der Waals surface area contributed by atoms with Crippen LogP contribution in [0.3, 0.4) is 0 Å². The summed E-state index contributed by atoms with van der Waals surface area (Å²) in [6.07, 6.45) is 0.872. The van der Waals surface area contributed by atoms with Crippen molar-refractivity contribution in [3.8, 4) is 0 Å². The third-order valence-electron chi connectivity index (χ3n) is 2.72. The van der Waals surface area contributed by atoms with E-state index in [2.05, 4.69) is 5.32 Å². The van der Waals surface area contributed by atoms with Crippen molar-refractivity contribution in [3.63, 3.8) is 0 Å². The highest BCUT2D eigenvalue weighted by atomic mass is 35.5. The Morgan fingerprint density at radius 2 is 1.87 bits per heavy atom. The van der Waals surface area contributed by atoms with Gasteiger partial charge in [0.1, 0.15) is 11.5 Å². The van der Waals surface area contributed by atoms with Crippen LogP contribution in [0.4, 0.5) is 15.8 Å². The van der Waals surface area contributed by atoms with Crippen LogP contribution in [-0.4, -0.2) is 22.6 Å². The number of nitrogens with zero attached hydrogens (tertiary/aromatic N) is 1. The Balaban J connectivity index is 2.33. The maximum atomic E-state index is 13.3. The molecule has 8 nitrogen and oxygen atoms in total. The van der Waals surface area contributed by atoms with Crippen LogP contribution in [-0.2, 0) is 19.1 Å². The molecule has 0 saturated carbocycles. The van der Waals surface area contributed by atoms with Crippen molar-refractivity contribution in [2.45, 2.75) is 19.6 Å². The number of esters is 2. The Hall–Kier alpha value is -2.68. The number of carbonyl (C=O) groups excluding carboxylic acids is 2. The van der Waals surface area contributed by atoms with Gasteiger partial charge in [-0.3, -0.25) is 10.1 Å². The molecule has 0 unspecified atom stereocenters. The molecule has 10 heteroatoms. The minimum absolute atomic E-state index is 0.209. The number of benzene rings is 1. The molecule has 23 heavy (non-hydrogen) atoms. The van der Waals surface area contributed by atoms with E-state index in [0.29, 0.717) is 6.07 Å². The molecule has 2 rings (SSSR count). The van der Waals surface area contributed by atoms with E-state index in [9.17, 15) is 24.1 Å². The first-order chi connectivity index (χ1) is 10.6. The first-order valence-electron chi connectivity index (χ1n) is 6.17. The average molecular weight is 345 g/mol. The number of halogens is 2. The third-order valence-corrected chi connectivity index (χ3v) is 3.01. The molecular formula is C13H10ClFN2O6. The zero-order chi connectivity index (χ0) is 17.4. The van der Waals surface area contributed by atoms with E-state index in [1.54, 1.807) is 0 Å².